The Labute approximate surface area is 433 Å². The van der Waals surface area contributed by atoms with E-state index >= 15 is 0 Å². The first-order chi connectivity index (χ1) is 33.7. The Morgan fingerprint density at radius 2 is 1.14 bits per heavy atom. The van der Waals surface area contributed by atoms with Gasteiger partial charge in [-0.05, 0) is 168 Å². The molecule has 0 amide bonds. The Morgan fingerprint density at radius 3 is 1.73 bits per heavy atom. The van der Waals surface area contributed by atoms with Gasteiger partial charge >= 0.3 is 5.97 Å². The molecule has 5 heteroatoms. The first-order valence-corrected chi connectivity index (χ1v) is 24.7. The van der Waals surface area contributed by atoms with Crippen molar-refractivity contribution in [2.45, 2.75) is 90.4 Å². The van der Waals surface area contributed by atoms with Crippen LogP contribution in [0.1, 0.15) is 119 Å². The fourth-order valence-electron chi connectivity index (χ4n) is 11.8. The summed E-state index contributed by atoms with van der Waals surface area (Å²) >= 11 is 0. The van der Waals surface area contributed by atoms with E-state index in [1.807, 2.05) is 42.6 Å². The normalized spacial score (nSPS) is 16.9. The molecule has 0 aliphatic heterocycles. The van der Waals surface area contributed by atoms with E-state index in [9.17, 15) is 9.90 Å². The van der Waals surface area contributed by atoms with E-state index in [-0.39, 0.29) is 43.1 Å². The van der Waals surface area contributed by atoms with E-state index in [0.717, 1.165) is 54.1 Å². The number of aliphatic hydroxyl groups is 1. The number of hydrogen-bond donors (Lipinski definition) is 1. The van der Waals surface area contributed by atoms with Crippen molar-refractivity contribution in [2.75, 3.05) is 0 Å². The number of allylic oxidation sites excluding steroid dienone is 9. The fraction of sp³-hybridized carbons (Fsp3) is 0.212. The summed E-state index contributed by atoms with van der Waals surface area (Å²) in [6.45, 7) is 15.5. The second-order valence-electron chi connectivity index (χ2n) is 21.0. The van der Waals surface area contributed by atoms with Crippen LogP contribution in [0, 0.1) is 6.08 Å². The van der Waals surface area contributed by atoms with E-state index in [1.54, 1.807) is 0 Å². The van der Waals surface area contributed by atoms with Crippen LogP contribution in [0.15, 0.2) is 181 Å². The van der Waals surface area contributed by atoms with Crippen molar-refractivity contribution >= 4 is 22.7 Å². The molecule has 0 atom stereocenters. The zero-order valence-electron chi connectivity index (χ0n) is 41.5. The monoisotopic (exact) mass is 1110 g/mol. The molecule has 0 fully saturated rings. The average molecular weight is 1110 g/mol. The van der Waals surface area contributed by atoms with Gasteiger partial charge in [0.1, 0.15) is 5.75 Å². The topological polar surface area (TPSA) is 59.4 Å². The number of nitrogens with zero attached hydrogens (tertiary/aromatic N) is 1. The number of aromatic nitrogens is 1. The van der Waals surface area contributed by atoms with Crippen LogP contribution in [0.25, 0.3) is 61.2 Å². The van der Waals surface area contributed by atoms with Gasteiger partial charge in [-0.15, -0.1) is 5.57 Å². The molecule has 0 spiro atoms. The van der Waals surface area contributed by atoms with Gasteiger partial charge < -0.3 is 14.8 Å². The summed E-state index contributed by atoms with van der Waals surface area (Å²) in [5, 5.41) is 9.83. The van der Waals surface area contributed by atoms with Crippen LogP contribution in [0.4, 0.5) is 0 Å². The smallest absolute Gasteiger partial charge is 0.339 e. The molecule has 1 heterocycles. The van der Waals surface area contributed by atoms with Crippen molar-refractivity contribution in [3.8, 4) is 50.3 Å². The van der Waals surface area contributed by atoms with Gasteiger partial charge in [0.15, 0.2) is 0 Å². The SMILES string of the molecule is C/C(O)=C/C(=O)Oc1cc(C2=CC3=C(CC2)c2ccccc2C3(C)C)cc(-c2ccc3c(c2)C(C)(C)c2cc(-c4ccc5c(c4)C(C)(C)c4ccccc4-5)ccc2-3)c1.[C-]1=C(c2ccccn2)CCC=C1.[Pt]. The van der Waals surface area contributed by atoms with Crippen molar-refractivity contribution in [3.63, 3.8) is 0 Å². The average Bonchev–Trinajstić information content (AvgIpc) is 3.85. The van der Waals surface area contributed by atoms with Crippen molar-refractivity contribution in [1.82, 2.24) is 4.98 Å². The molecule has 356 valence electrons. The van der Waals surface area contributed by atoms with Crippen LogP contribution in [0.3, 0.4) is 0 Å². The van der Waals surface area contributed by atoms with E-state index in [1.165, 1.54) is 96.0 Å². The maximum absolute atomic E-state index is 12.9. The van der Waals surface area contributed by atoms with E-state index in [2.05, 4.69) is 174 Å². The van der Waals surface area contributed by atoms with Crippen molar-refractivity contribution in [1.29, 1.82) is 0 Å². The summed E-state index contributed by atoms with van der Waals surface area (Å²) in [6, 6.07) is 50.6. The molecule has 0 unspecified atom stereocenters. The van der Waals surface area contributed by atoms with Crippen LogP contribution in [0.5, 0.6) is 5.75 Å². The maximum Gasteiger partial charge on any atom is 0.339 e. The number of carbonyl (C=O) groups excluding carboxylic acids is 1. The molecule has 4 nitrogen and oxygen atoms in total. The van der Waals surface area contributed by atoms with Gasteiger partial charge in [0.25, 0.3) is 0 Å². The van der Waals surface area contributed by atoms with Crippen molar-refractivity contribution < 1.29 is 35.7 Å². The number of pyridine rings is 1. The summed E-state index contributed by atoms with van der Waals surface area (Å²) < 4.78 is 5.88. The Balaban J connectivity index is 0.000000391. The first-order valence-electron chi connectivity index (χ1n) is 24.7. The minimum atomic E-state index is -0.601. The Bertz CT molecular complexity index is 3460. The first kappa shape index (κ1) is 47.8. The number of fused-ring (bicyclic) bond motifs is 8. The van der Waals surface area contributed by atoms with Gasteiger partial charge in [-0.2, -0.15) is 18.2 Å². The number of esters is 1. The van der Waals surface area contributed by atoms with Gasteiger partial charge in [-0.3, -0.25) is 0 Å². The van der Waals surface area contributed by atoms with Gasteiger partial charge in [0.05, 0.1) is 11.8 Å². The molecule has 5 aliphatic rings. The standard InChI is InChI=1S/C55H48O3.C11H10N.Pt/c1-32(56)24-52(57)58-39-26-37(35-18-22-43-41-13-9-11-15-47(41)54(4,5)49(43)30-35)25-38(27-39)36-19-23-45-44-21-17-34(29-50(44)55(6,7)51(45)31-36)33-16-20-42-40-12-8-10-14-46(40)53(2,3)48(42)28-33;1-2-6-10(7-3-1)11-8-4-5-9-12-11;/h8-17,19-21,23-31,56H,18,22H2,1-7H3;1-2,4-5,8-9H,3,7H2;/q;-1;/b32-24-;;. The molecule has 5 aliphatic carbocycles. The third-order valence-electron chi connectivity index (χ3n) is 15.5. The second kappa shape index (κ2) is 18.4. The van der Waals surface area contributed by atoms with Crippen LogP contribution in [-0.4, -0.2) is 16.1 Å². The number of benzene rings is 6. The molecular formula is C66H58NO3Pt-. The quantitative estimate of drug-likeness (QED) is 0.0593. The molecule has 0 bridgehead atoms. The van der Waals surface area contributed by atoms with E-state index in [4.69, 9.17) is 4.74 Å². The second-order valence-corrected chi connectivity index (χ2v) is 21.0. The van der Waals surface area contributed by atoms with E-state index in [0.29, 0.717) is 5.75 Å². The summed E-state index contributed by atoms with van der Waals surface area (Å²) in [6.07, 6.45) is 16.7. The zero-order chi connectivity index (χ0) is 48.5. The zero-order valence-corrected chi connectivity index (χ0v) is 43.8. The Morgan fingerprint density at radius 1 is 0.592 bits per heavy atom. The largest absolute Gasteiger partial charge is 0.512 e. The van der Waals surface area contributed by atoms with Gasteiger partial charge in [-0.1, -0.05) is 158 Å². The van der Waals surface area contributed by atoms with Crippen molar-refractivity contribution in [3.05, 3.63) is 232 Å². The molecule has 1 aromatic heterocycles. The fourth-order valence-corrected chi connectivity index (χ4v) is 11.8. The third kappa shape index (κ3) is 8.45. The van der Waals surface area contributed by atoms with Gasteiger partial charge in [-0.25, -0.2) is 4.79 Å². The summed E-state index contributed by atoms with van der Waals surface area (Å²) in [7, 11) is 0. The van der Waals surface area contributed by atoms with Gasteiger partial charge in [0.2, 0.25) is 0 Å². The van der Waals surface area contributed by atoms with Crippen LogP contribution in [0.2, 0.25) is 0 Å². The van der Waals surface area contributed by atoms with Crippen LogP contribution in [-0.2, 0) is 42.1 Å². The molecule has 6 aromatic carbocycles. The molecule has 1 N–H and O–H groups in total. The molecule has 71 heavy (non-hydrogen) atoms. The van der Waals surface area contributed by atoms with E-state index < -0.39 is 5.97 Å². The summed E-state index contributed by atoms with van der Waals surface area (Å²) in [4.78, 5) is 17.1. The maximum atomic E-state index is 12.9. The van der Waals surface area contributed by atoms with Gasteiger partial charge in [0, 0.05) is 43.5 Å². The van der Waals surface area contributed by atoms with Crippen LogP contribution >= 0.6 is 0 Å². The summed E-state index contributed by atoms with van der Waals surface area (Å²) in [5.41, 5.74) is 24.8. The minimum absolute atomic E-state index is 0. The number of aliphatic hydroxyl groups excluding tert-OH is 1. The molecule has 0 radical (unpaired) electrons. The molecule has 7 aromatic rings. The molecule has 0 saturated carbocycles. The Kier molecular flexibility index (Phi) is 12.4. The predicted molar refractivity (Wildman–Crippen MR) is 287 cm³/mol. The number of rotatable bonds is 6. The third-order valence-corrected chi connectivity index (χ3v) is 15.5. The Hall–Kier alpha value is -6.87. The molecule has 0 saturated heterocycles. The number of hydrogen-bond acceptors (Lipinski definition) is 4. The molecular weight excluding hydrogens is 1050 g/mol. The minimum Gasteiger partial charge on any atom is -0.512 e. The number of carbonyl (C=O) groups is 1. The van der Waals surface area contributed by atoms with Crippen molar-refractivity contribution in [2.24, 2.45) is 0 Å². The molecule has 12 rings (SSSR count). The summed E-state index contributed by atoms with van der Waals surface area (Å²) in [5.74, 6) is -0.234. The predicted octanol–water partition coefficient (Wildman–Crippen LogP) is 16.5. The number of ether oxygens (including phenoxy) is 1. The van der Waals surface area contributed by atoms with Crippen LogP contribution < -0.4 is 4.74 Å².